The van der Waals surface area contributed by atoms with Crippen molar-refractivity contribution in [2.24, 2.45) is 0 Å². The molecular weight excluding hydrogens is 750 g/mol. The Morgan fingerprint density at radius 3 is 1.36 bits per heavy atom. The monoisotopic (exact) mass is 826 g/mol. The van der Waals surface area contributed by atoms with Crippen molar-refractivity contribution in [3.05, 3.63) is 24.3 Å². The van der Waals surface area contributed by atoms with Crippen LogP contribution >= 0.6 is 15.6 Å². The zero-order chi connectivity index (χ0) is 40.9. The van der Waals surface area contributed by atoms with Gasteiger partial charge in [0.25, 0.3) is 0 Å². The number of allylic oxidation sites excluding steroid dienone is 4. The van der Waals surface area contributed by atoms with E-state index in [0.717, 1.165) is 77.0 Å². The van der Waals surface area contributed by atoms with Crippen molar-refractivity contribution >= 4 is 27.6 Å². The molecule has 0 aliphatic rings. The third kappa shape index (κ3) is 40.6. The summed E-state index contributed by atoms with van der Waals surface area (Å²) < 4.78 is 47.7. The van der Waals surface area contributed by atoms with Crippen LogP contribution in [0.4, 0.5) is 0 Å². The van der Waals surface area contributed by atoms with Crippen LogP contribution in [-0.2, 0) is 41.8 Å². The van der Waals surface area contributed by atoms with Crippen LogP contribution in [0.5, 0.6) is 0 Å². The van der Waals surface area contributed by atoms with E-state index in [1.54, 1.807) is 0 Å². The highest BCUT2D eigenvalue weighted by molar-refractivity contribution is 7.47. The fraction of sp³-hybridized carbons (Fsp3) is 0.850. The van der Waals surface area contributed by atoms with Crippen molar-refractivity contribution in [1.82, 2.24) is 0 Å². The van der Waals surface area contributed by atoms with Crippen LogP contribution in [0.1, 0.15) is 181 Å². The van der Waals surface area contributed by atoms with Gasteiger partial charge in [0.1, 0.15) is 12.7 Å². The van der Waals surface area contributed by atoms with Crippen molar-refractivity contribution in [3.8, 4) is 0 Å². The number of carbonyl (C=O) groups excluding carboxylic acids is 2. The number of carbonyl (C=O) groups is 2. The molecular formula is C40H76O13P2. The van der Waals surface area contributed by atoms with E-state index >= 15 is 0 Å². The first kappa shape index (κ1) is 53.6. The molecule has 0 aromatic carbocycles. The van der Waals surface area contributed by atoms with Crippen molar-refractivity contribution in [2.45, 2.75) is 193 Å². The molecule has 1 unspecified atom stereocenters. The molecule has 0 aliphatic carbocycles. The molecule has 0 amide bonds. The number of phosphoric ester groups is 2. The zero-order valence-electron chi connectivity index (χ0n) is 34.0. The van der Waals surface area contributed by atoms with Gasteiger partial charge in [-0.25, -0.2) is 9.13 Å². The number of aliphatic hydroxyl groups is 1. The summed E-state index contributed by atoms with van der Waals surface area (Å²) in [6.07, 6.45) is 33.1. The molecule has 0 fully saturated rings. The molecule has 0 spiro atoms. The molecule has 0 saturated carbocycles. The first-order valence-electron chi connectivity index (χ1n) is 21.0. The first-order valence-corrected chi connectivity index (χ1v) is 24.1. The van der Waals surface area contributed by atoms with Crippen LogP contribution in [-0.4, -0.2) is 70.4 Å². The number of rotatable bonds is 40. The Kier molecular flexibility index (Phi) is 36.0. The minimum atomic E-state index is -4.86. The van der Waals surface area contributed by atoms with Gasteiger partial charge in [0.05, 0.1) is 19.8 Å². The molecule has 0 heterocycles. The maximum atomic E-state index is 12.6. The Morgan fingerprint density at radius 1 is 0.509 bits per heavy atom. The Labute approximate surface area is 332 Å². The van der Waals surface area contributed by atoms with Gasteiger partial charge in [-0.15, -0.1) is 0 Å². The molecule has 4 N–H and O–H groups in total. The van der Waals surface area contributed by atoms with E-state index in [-0.39, 0.29) is 19.4 Å². The number of unbranched alkanes of at least 4 members (excludes halogenated alkanes) is 20. The van der Waals surface area contributed by atoms with Gasteiger partial charge < -0.3 is 29.3 Å². The number of ether oxygens (including phenoxy) is 2. The lowest BCUT2D eigenvalue weighted by atomic mass is 10.1. The lowest BCUT2D eigenvalue weighted by Crippen LogP contribution is -2.30. The maximum Gasteiger partial charge on any atom is 0.472 e. The summed E-state index contributed by atoms with van der Waals surface area (Å²) in [6, 6.07) is 0. The number of phosphoric acid groups is 2. The van der Waals surface area contributed by atoms with E-state index in [9.17, 15) is 28.7 Å². The normalized spacial score (nSPS) is 14.4. The Hall–Kier alpha value is -1.40. The Bertz CT molecular complexity index is 1080. The molecule has 0 radical (unpaired) electrons. The van der Waals surface area contributed by atoms with Crippen molar-refractivity contribution < 1.29 is 61.6 Å². The zero-order valence-corrected chi connectivity index (χ0v) is 35.8. The third-order valence-corrected chi connectivity index (χ3v) is 10.2. The molecule has 0 aromatic heterocycles. The van der Waals surface area contributed by atoms with Gasteiger partial charge in [0.2, 0.25) is 0 Å². The highest BCUT2D eigenvalue weighted by Gasteiger charge is 2.28. The lowest BCUT2D eigenvalue weighted by Gasteiger charge is -2.20. The highest BCUT2D eigenvalue weighted by atomic mass is 31.2. The Balaban J connectivity index is 4.56. The molecule has 15 heteroatoms. The minimum absolute atomic E-state index is 0.121. The van der Waals surface area contributed by atoms with Gasteiger partial charge in [-0.2, -0.15) is 0 Å². The topological polar surface area (TPSA) is 195 Å². The molecule has 0 bridgehead atoms. The Morgan fingerprint density at radius 2 is 0.891 bits per heavy atom. The predicted octanol–water partition coefficient (Wildman–Crippen LogP) is 10.3. The van der Waals surface area contributed by atoms with Crippen LogP contribution in [0, 0.1) is 0 Å². The fourth-order valence-corrected chi connectivity index (χ4v) is 6.73. The summed E-state index contributed by atoms with van der Waals surface area (Å²) in [5, 5.41) is 9.73. The van der Waals surface area contributed by atoms with Gasteiger partial charge in [-0.3, -0.25) is 23.2 Å². The fourth-order valence-electron chi connectivity index (χ4n) is 5.57. The molecule has 0 rings (SSSR count). The standard InChI is InChI=1S/C40H76O13P2/c1-3-5-7-9-11-13-15-17-18-20-22-24-26-28-30-32-40(43)53-38(36-52-55(47,48)51-34-37(41)33-50-54(44,45)46)35-49-39(42)31-29-27-25-23-21-19-16-14-12-10-8-6-4-2/h14,16-18,37-38,41H,3-13,15,19-36H2,1-2H3,(H,47,48)(H2,44,45,46)/b16-14-,18-17-/t37-,38+/m0/s1. The van der Waals surface area contributed by atoms with Crippen LogP contribution in [0.15, 0.2) is 24.3 Å². The second-order valence-corrected chi connectivity index (χ2v) is 16.9. The number of esters is 2. The molecule has 13 nitrogen and oxygen atoms in total. The smallest absolute Gasteiger partial charge is 0.462 e. The lowest BCUT2D eigenvalue weighted by molar-refractivity contribution is -0.161. The van der Waals surface area contributed by atoms with E-state index < -0.39 is 59.6 Å². The van der Waals surface area contributed by atoms with Crippen LogP contribution in [0.2, 0.25) is 0 Å². The number of aliphatic hydroxyl groups excluding tert-OH is 1. The summed E-state index contributed by atoms with van der Waals surface area (Å²) in [6.45, 7) is 1.73. The second kappa shape index (κ2) is 36.9. The van der Waals surface area contributed by atoms with E-state index in [4.69, 9.17) is 23.8 Å². The summed E-state index contributed by atoms with van der Waals surface area (Å²) >= 11 is 0. The van der Waals surface area contributed by atoms with Gasteiger partial charge in [0, 0.05) is 12.8 Å². The van der Waals surface area contributed by atoms with E-state index in [2.05, 4.69) is 47.2 Å². The summed E-state index contributed by atoms with van der Waals surface area (Å²) in [4.78, 5) is 52.6. The number of hydrogen-bond donors (Lipinski definition) is 4. The van der Waals surface area contributed by atoms with E-state index in [1.165, 1.54) is 64.2 Å². The molecule has 0 saturated heterocycles. The third-order valence-electron chi connectivity index (χ3n) is 8.80. The predicted molar refractivity (Wildman–Crippen MR) is 216 cm³/mol. The van der Waals surface area contributed by atoms with Gasteiger partial charge >= 0.3 is 27.6 Å². The molecule has 0 aliphatic heterocycles. The summed E-state index contributed by atoms with van der Waals surface area (Å²) in [5.74, 6) is -1.05. The summed E-state index contributed by atoms with van der Waals surface area (Å²) in [5.41, 5.74) is 0. The molecule has 324 valence electrons. The van der Waals surface area contributed by atoms with Crippen LogP contribution < -0.4 is 0 Å². The quantitative estimate of drug-likeness (QED) is 0.0197. The first-order chi connectivity index (χ1) is 26.4. The maximum absolute atomic E-state index is 12.6. The van der Waals surface area contributed by atoms with Crippen LogP contribution in [0.3, 0.4) is 0 Å². The average molecular weight is 827 g/mol. The van der Waals surface area contributed by atoms with Gasteiger partial charge in [-0.05, 0) is 64.2 Å². The van der Waals surface area contributed by atoms with Crippen molar-refractivity contribution in [2.75, 3.05) is 26.4 Å². The molecule has 3 atom stereocenters. The average Bonchev–Trinajstić information content (AvgIpc) is 3.14. The largest absolute Gasteiger partial charge is 0.472 e. The van der Waals surface area contributed by atoms with Gasteiger partial charge in [-0.1, -0.05) is 128 Å². The number of hydrogen-bond acceptors (Lipinski definition) is 10. The summed E-state index contributed by atoms with van der Waals surface area (Å²) in [7, 11) is -9.66. The van der Waals surface area contributed by atoms with Crippen molar-refractivity contribution in [1.29, 1.82) is 0 Å². The SMILES string of the molecule is CCCCCC/C=C\CCCCCCCC(=O)OC[C@H](COP(=O)(O)OC[C@@H](O)COP(=O)(O)O)OC(=O)CCCCCCC/C=C\CCCCCCCC. The van der Waals surface area contributed by atoms with E-state index in [1.807, 2.05) is 0 Å². The molecule has 55 heavy (non-hydrogen) atoms. The highest BCUT2D eigenvalue weighted by Crippen LogP contribution is 2.43. The van der Waals surface area contributed by atoms with Gasteiger partial charge in [0.15, 0.2) is 6.10 Å². The second-order valence-electron chi connectivity index (χ2n) is 14.3. The minimum Gasteiger partial charge on any atom is -0.462 e. The van der Waals surface area contributed by atoms with E-state index in [0.29, 0.717) is 12.8 Å². The van der Waals surface area contributed by atoms with Crippen molar-refractivity contribution in [3.63, 3.8) is 0 Å². The molecule has 0 aromatic rings. The van der Waals surface area contributed by atoms with Crippen LogP contribution in [0.25, 0.3) is 0 Å².